The Balaban J connectivity index is 2.16. The number of nitrogens with two attached hydrogens (primary N) is 2. The second kappa shape index (κ2) is 11.2. The smallest absolute Gasteiger partial charge is 0.340 e. The molecule has 0 fully saturated rings. The molecule has 34 heavy (non-hydrogen) atoms. The minimum Gasteiger partial charge on any atom is -0.473 e. The Morgan fingerprint density at radius 3 is 2.71 bits per heavy atom. The summed E-state index contributed by atoms with van der Waals surface area (Å²) >= 11 is 0. The van der Waals surface area contributed by atoms with Gasteiger partial charge in [-0.3, -0.25) is 14.6 Å². The number of halogens is 4. The van der Waals surface area contributed by atoms with Gasteiger partial charge in [0, 0.05) is 48.3 Å². The summed E-state index contributed by atoms with van der Waals surface area (Å²) in [7, 11) is 0. The van der Waals surface area contributed by atoms with Gasteiger partial charge in [0.2, 0.25) is 0 Å². The maximum atomic E-state index is 13.0. The number of aliphatic hydroxyl groups is 1. The lowest BCUT2D eigenvalue weighted by Crippen LogP contribution is -2.37. The number of alkyl halides is 4. The van der Waals surface area contributed by atoms with Gasteiger partial charge < -0.3 is 31.5 Å². The van der Waals surface area contributed by atoms with Crippen LogP contribution in [0.3, 0.4) is 0 Å². The third kappa shape index (κ3) is 6.16. The number of pyridine rings is 1. The summed E-state index contributed by atoms with van der Waals surface area (Å²) in [4.78, 5) is 30.8. The van der Waals surface area contributed by atoms with Gasteiger partial charge in [0.05, 0.1) is 6.04 Å². The monoisotopic (exact) mass is 489 g/mol. The van der Waals surface area contributed by atoms with Crippen LogP contribution in [0.1, 0.15) is 46.7 Å². The molecule has 0 aliphatic carbocycles. The molecule has 13 heteroatoms. The third-order valence-corrected chi connectivity index (χ3v) is 5.17. The van der Waals surface area contributed by atoms with Crippen LogP contribution < -0.4 is 16.8 Å². The first-order chi connectivity index (χ1) is 15.9. The number of nitrogens with one attached hydrogen (secondary N) is 1. The fourth-order valence-corrected chi connectivity index (χ4v) is 3.10. The highest BCUT2D eigenvalue weighted by Crippen LogP contribution is 2.28. The Morgan fingerprint density at radius 1 is 1.41 bits per heavy atom. The first-order valence-electron chi connectivity index (χ1n) is 10.3. The van der Waals surface area contributed by atoms with E-state index in [1.54, 1.807) is 6.92 Å². The predicted molar refractivity (Wildman–Crippen MR) is 114 cm³/mol. The Labute approximate surface area is 193 Å². The molecule has 1 aliphatic rings. The Kier molecular flexibility index (Phi) is 8.85. The highest BCUT2D eigenvalue weighted by Gasteiger charge is 2.42. The van der Waals surface area contributed by atoms with Gasteiger partial charge in [0.25, 0.3) is 11.8 Å². The Bertz CT molecular complexity index is 984. The van der Waals surface area contributed by atoms with Crippen LogP contribution in [-0.4, -0.2) is 65.0 Å². The summed E-state index contributed by atoms with van der Waals surface area (Å²) in [6, 6.07) is 0.782. The number of rotatable bonds is 11. The fourth-order valence-electron chi connectivity index (χ4n) is 3.10. The molecule has 2 rings (SSSR count). The molecule has 1 aromatic rings. The first kappa shape index (κ1) is 26.9. The summed E-state index contributed by atoms with van der Waals surface area (Å²) < 4.78 is 55.2. The number of carbonyl (C=O) groups excluding carboxylic acids is 2. The summed E-state index contributed by atoms with van der Waals surface area (Å²) in [6.07, 6.45) is -0.910. The van der Waals surface area contributed by atoms with E-state index in [1.807, 2.05) is 0 Å². The van der Waals surface area contributed by atoms with Crippen molar-refractivity contribution in [3.8, 4) is 0 Å². The van der Waals surface area contributed by atoms with Gasteiger partial charge in [-0.2, -0.15) is 8.78 Å². The van der Waals surface area contributed by atoms with Crippen molar-refractivity contribution < 1.29 is 37.0 Å². The summed E-state index contributed by atoms with van der Waals surface area (Å²) in [5, 5.41) is 11.5. The van der Waals surface area contributed by atoms with E-state index in [9.17, 15) is 27.2 Å². The number of amides is 2. The standard InChI is InChI=1S/C21H27F4N5O4/c1-11(17(27)34-10-21(24,25)20(22)23)8-15(26)12(2)30-9-14-13(19(30)33)4-6-28-16(14)18(32)29-5-3-7-31/h4,6,8,12,20,31H,3,5,7,9-10,26-27H2,1-2H3,(H,29,32)/b15-8-,17-11+. The lowest BCUT2D eigenvalue weighted by molar-refractivity contribution is -0.158. The normalized spacial score (nSPS) is 15.8. The zero-order valence-corrected chi connectivity index (χ0v) is 18.7. The summed E-state index contributed by atoms with van der Waals surface area (Å²) in [5.41, 5.74) is 12.6. The average molecular weight is 489 g/mol. The number of carbonyl (C=O) groups is 2. The van der Waals surface area contributed by atoms with Crippen LogP contribution in [0, 0.1) is 0 Å². The number of fused-ring (bicyclic) bond motifs is 1. The van der Waals surface area contributed by atoms with Crippen molar-refractivity contribution in [2.24, 2.45) is 11.5 Å². The summed E-state index contributed by atoms with van der Waals surface area (Å²) in [5.74, 6) is -5.76. The van der Waals surface area contributed by atoms with Crippen molar-refractivity contribution in [1.82, 2.24) is 15.2 Å². The van der Waals surface area contributed by atoms with Crippen molar-refractivity contribution in [2.75, 3.05) is 19.8 Å². The number of ether oxygens (including phenoxy) is 1. The molecular weight excluding hydrogens is 462 g/mol. The fraction of sp³-hybridized carbons (Fsp3) is 0.476. The predicted octanol–water partition coefficient (Wildman–Crippen LogP) is 1.49. The Morgan fingerprint density at radius 2 is 2.09 bits per heavy atom. The number of hydrogen-bond acceptors (Lipinski definition) is 7. The van der Waals surface area contributed by atoms with Gasteiger partial charge in [-0.1, -0.05) is 0 Å². The van der Waals surface area contributed by atoms with Crippen LogP contribution in [0.5, 0.6) is 0 Å². The molecule has 1 unspecified atom stereocenters. The van der Waals surface area contributed by atoms with Crippen LogP contribution in [0.25, 0.3) is 0 Å². The molecule has 1 atom stereocenters. The Hall–Kier alpha value is -3.35. The second-order valence-electron chi connectivity index (χ2n) is 7.67. The molecule has 6 N–H and O–H groups in total. The first-order valence-corrected chi connectivity index (χ1v) is 10.3. The van der Waals surface area contributed by atoms with E-state index in [-0.39, 0.29) is 42.2 Å². The van der Waals surface area contributed by atoms with Crippen molar-refractivity contribution in [2.45, 2.75) is 45.2 Å². The van der Waals surface area contributed by atoms with E-state index in [1.165, 1.54) is 30.2 Å². The summed E-state index contributed by atoms with van der Waals surface area (Å²) in [6.45, 7) is 1.58. The van der Waals surface area contributed by atoms with E-state index in [4.69, 9.17) is 16.6 Å². The zero-order chi connectivity index (χ0) is 25.6. The van der Waals surface area contributed by atoms with Crippen LogP contribution in [0.2, 0.25) is 0 Å². The highest BCUT2D eigenvalue weighted by molar-refractivity contribution is 6.03. The SMILES string of the molecule is CC(/C=C(\N)C(C)N1Cc2c(ccnc2C(=O)NCCCO)C1=O)=C(/N)OCC(F)(F)C(F)F. The van der Waals surface area contributed by atoms with Crippen LogP contribution in [-0.2, 0) is 11.3 Å². The molecule has 0 saturated heterocycles. The van der Waals surface area contributed by atoms with E-state index in [0.29, 0.717) is 12.0 Å². The van der Waals surface area contributed by atoms with Gasteiger partial charge in [0.15, 0.2) is 12.5 Å². The van der Waals surface area contributed by atoms with Gasteiger partial charge in [-0.25, -0.2) is 8.78 Å². The molecule has 0 radical (unpaired) electrons. The molecule has 0 bridgehead atoms. The van der Waals surface area contributed by atoms with Gasteiger partial charge in [-0.15, -0.1) is 0 Å². The van der Waals surface area contributed by atoms with E-state index in [2.05, 4.69) is 15.0 Å². The van der Waals surface area contributed by atoms with Crippen molar-refractivity contribution in [1.29, 1.82) is 0 Å². The topological polar surface area (TPSA) is 144 Å². The molecule has 0 saturated carbocycles. The lowest BCUT2D eigenvalue weighted by Gasteiger charge is -2.25. The minimum absolute atomic E-state index is 0.0375. The maximum Gasteiger partial charge on any atom is 0.340 e. The number of aliphatic hydroxyl groups excluding tert-OH is 1. The van der Waals surface area contributed by atoms with Crippen LogP contribution in [0.15, 0.2) is 35.5 Å². The molecule has 1 aromatic heterocycles. The van der Waals surface area contributed by atoms with Crippen molar-refractivity contribution in [3.63, 3.8) is 0 Å². The molecule has 2 heterocycles. The largest absolute Gasteiger partial charge is 0.473 e. The molecule has 0 aromatic carbocycles. The van der Waals surface area contributed by atoms with Crippen LogP contribution >= 0.6 is 0 Å². The van der Waals surface area contributed by atoms with Gasteiger partial charge in [0.1, 0.15) is 5.69 Å². The number of hydrogen-bond donors (Lipinski definition) is 4. The van der Waals surface area contributed by atoms with E-state index >= 15 is 0 Å². The van der Waals surface area contributed by atoms with Crippen molar-refractivity contribution in [3.05, 3.63) is 52.3 Å². The highest BCUT2D eigenvalue weighted by atomic mass is 19.3. The number of nitrogens with zero attached hydrogens (tertiary/aromatic N) is 2. The minimum atomic E-state index is -4.36. The van der Waals surface area contributed by atoms with E-state index in [0.717, 1.165) is 0 Å². The second-order valence-corrected chi connectivity index (χ2v) is 7.67. The van der Waals surface area contributed by atoms with Gasteiger partial charge >= 0.3 is 12.3 Å². The number of allylic oxidation sites excluding steroid dienone is 2. The molecule has 2 amide bonds. The molecular formula is C21H27F4N5O4. The third-order valence-electron chi connectivity index (χ3n) is 5.17. The molecule has 9 nitrogen and oxygen atoms in total. The van der Waals surface area contributed by atoms with Gasteiger partial charge in [-0.05, 0) is 32.4 Å². The maximum absolute atomic E-state index is 13.0. The quantitative estimate of drug-likeness (QED) is 0.160. The number of aromatic nitrogens is 1. The van der Waals surface area contributed by atoms with Crippen molar-refractivity contribution >= 4 is 11.8 Å². The molecule has 1 aliphatic heterocycles. The van der Waals surface area contributed by atoms with E-state index < -0.39 is 42.7 Å². The lowest BCUT2D eigenvalue weighted by atomic mass is 10.1. The van der Waals surface area contributed by atoms with Crippen LogP contribution in [0.4, 0.5) is 17.6 Å². The average Bonchev–Trinajstić information content (AvgIpc) is 3.13. The molecule has 0 spiro atoms. The molecule has 188 valence electrons. The zero-order valence-electron chi connectivity index (χ0n) is 18.7.